The highest BCUT2D eigenvalue weighted by atomic mass is 32.1. The summed E-state index contributed by atoms with van der Waals surface area (Å²) >= 11 is 1.71. The quantitative estimate of drug-likeness (QED) is 0.592. The second-order valence-electron chi connectivity index (χ2n) is 4.76. The van der Waals surface area contributed by atoms with Crippen LogP contribution >= 0.6 is 11.3 Å². The van der Waals surface area contributed by atoms with Gasteiger partial charge in [-0.3, -0.25) is 0 Å². The van der Waals surface area contributed by atoms with Gasteiger partial charge in [0.25, 0.3) is 0 Å². The highest BCUT2D eigenvalue weighted by Crippen LogP contribution is 2.32. The molecule has 19 heavy (non-hydrogen) atoms. The Bertz CT molecular complexity index is 582. The summed E-state index contributed by atoms with van der Waals surface area (Å²) in [5.74, 6) is 0.945. The van der Waals surface area contributed by atoms with Crippen molar-refractivity contribution in [1.82, 2.24) is 0 Å². The predicted octanol–water partition coefficient (Wildman–Crippen LogP) is 4.67. The van der Waals surface area contributed by atoms with Gasteiger partial charge in [0, 0.05) is 4.88 Å². The van der Waals surface area contributed by atoms with Gasteiger partial charge in [-0.2, -0.15) is 0 Å². The Balaban J connectivity index is 0.00000200. The monoisotopic (exact) mass is 290 g/mol. The van der Waals surface area contributed by atoms with Crippen molar-refractivity contribution < 1.29 is 5.85 Å². The van der Waals surface area contributed by atoms with Crippen molar-refractivity contribution in [3.8, 4) is 5.75 Å². The standard InChI is InChI=1S/C15H19NOSSi/c1-11-7-5-8-13(15(11)17-19(3)4)16-12(2)14-9-6-10-18-14/h5-10,19H,1-4H3/p+1. The molecule has 100 valence electrons. The van der Waals surface area contributed by atoms with Crippen LogP contribution in [-0.4, -0.2) is 14.8 Å². The van der Waals surface area contributed by atoms with Crippen molar-refractivity contribution in [2.24, 2.45) is 4.99 Å². The molecule has 2 aromatic rings. The predicted molar refractivity (Wildman–Crippen MR) is 88.0 cm³/mol. The third kappa shape index (κ3) is 3.55. The molecule has 0 aliphatic heterocycles. The molecule has 0 radical (unpaired) electrons. The molecule has 2 nitrogen and oxygen atoms in total. The molecule has 0 bridgehead atoms. The molecule has 1 aromatic heterocycles. The largest absolute Gasteiger partial charge is 1.00 e. The molecule has 0 amide bonds. The fourth-order valence-corrected chi connectivity index (χ4v) is 3.29. The van der Waals surface area contributed by atoms with Gasteiger partial charge in [0.15, 0.2) is 0 Å². The molecule has 0 atom stereocenters. The van der Waals surface area contributed by atoms with Crippen LogP contribution in [0.15, 0.2) is 40.7 Å². The first kappa shape index (κ1) is 14.0. The van der Waals surface area contributed by atoms with Crippen LogP contribution in [0.2, 0.25) is 13.1 Å². The Morgan fingerprint density at radius 1 is 1.26 bits per heavy atom. The lowest BCUT2D eigenvalue weighted by Crippen LogP contribution is -2.12. The molecule has 0 saturated carbocycles. The molecule has 0 aliphatic carbocycles. The van der Waals surface area contributed by atoms with Gasteiger partial charge in [0.2, 0.25) is 9.04 Å². The molecule has 0 unspecified atom stereocenters. The van der Waals surface area contributed by atoms with E-state index in [0.29, 0.717) is 0 Å². The maximum absolute atomic E-state index is 6.03. The zero-order valence-electron chi connectivity index (χ0n) is 12.8. The van der Waals surface area contributed by atoms with Crippen LogP contribution < -0.4 is 4.43 Å². The van der Waals surface area contributed by atoms with Gasteiger partial charge in [0.1, 0.15) is 11.4 Å². The smallest absolute Gasteiger partial charge is 0.545 e. The van der Waals surface area contributed by atoms with Crippen LogP contribution in [0.1, 0.15) is 18.8 Å². The Labute approximate surface area is 122 Å². The van der Waals surface area contributed by atoms with Gasteiger partial charge < -0.3 is 4.43 Å². The van der Waals surface area contributed by atoms with Gasteiger partial charge >= 0.3 is 1.43 Å². The number of rotatable bonds is 4. The van der Waals surface area contributed by atoms with E-state index in [9.17, 15) is 0 Å². The van der Waals surface area contributed by atoms with E-state index in [1.165, 1.54) is 4.88 Å². The van der Waals surface area contributed by atoms with E-state index in [2.05, 4.69) is 37.5 Å². The van der Waals surface area contributed by atoms with E-state index < -0.39 is 9.04 Å². The highest BCUT2D eigenvalue weighted by molar-refractivity contribution is 7.12. The number of aliphatic imine (C=N–C) groups is 1. The second-order valence-corrected chi connectivity index (χ2v) is 8.05. The van der Waals surface area contributed by atoms with Crippen molar-refractivity contribution >= 4 is 31.8 Å². The first-order valence-electron chi connectivity index (χ1n) is 6.43. The Kier molecular flexibility index (Phi) is 4.55. The van der Waals surface area contributed by atoms with Crippen LogP contribution in [0.25, 0.3) is 0 Å². The van der Waals surface area contributed by atoms with E-state index in [4.69, 9.17) is 9.42 Å². The fraction of sp³-hybridized carbons (Fsp3) is 0.267. The van der Waals surface area contributed by atoms with Gasteiger partial charge in [-0.05, 0) is 50.0 Å². The molecule has 4 heteroatoms. The van der Waals surface area contributed by atoms with E-state index in [1.807, 2.05) is 25.1 Å². The van der Waals surface area contributed by atoms with E-state index in [0.717, 1.165) is 22.7 Å². The van der Waals surface area contributed by atoms with Crippen molar-refractivity contribution in [1.29, 1.82) is 0 Å². The number of benzene rings is 1. The Morgan fingerprint density at radius 2 is 2.05 bits per heavy atom. The molecule has 0 spiro atoms. The van der Waals surface area contributed by atoms with Gasteiger partial charge in [-0.1, -0.05) is 18.2 Å². The second kappa shape index (κ2) is 6.17. The van der Waals surface area contributed by atoms with Crippen LogP contribution in [0.4, 0.5) is 5.69 Å². The summed E-state index contributed by atoms with van der Waals surface area (Å²) in [4.78, 5) is 5.94. The normalized spacial score (nSPS) is 11.9. The van der Waals surface area contributed by atoms with Crippen LogP contribution in [0.3, 0.4) is 0 Å². The lowest BCUT2D eigenvalue weighted by atomic mass is 10.2. The first-order chi connectivity index (χ1) is 9.08. The van der Waals surface area contributed by atoms with Crippen molar-refractivity contribution in [3.05, 3.63) is 46.2 Å². The van der Waals surface area contributed by atoms with E-state index >= 15 is 0 Å². The Morgan fingerprint density at radius 3 is 2.68 bits per heavy atom. The average Bonchev–Trinajstić information content (AvgIpc) is 2.87. The molecular formula is C15H20NOSSi+. The summed E-state index contributed by atoms with van der Waals surface area (Å²) in [5, 5.41) is 2.07. The fourth-order valence-electron chi connectivity index (χ4n) is 1.83. The average molecular weight is 290 g/mol. The molecule has 1 heterocycles. The molecule has 0 aliphatic rings. The first-order valence-corrected chi connectivity index (χ1v) is 10.1. The van der Waals surface area contributed by atoms with Gasteiger partial charge in [-0.15, -0.1) is 11.3 Å². The summed E-state index contributed by atoms with van der Waals surface area (Å²) in [6.07, 6.45) is 0. The van der Waals surface area contributed by atoms with Crippen molar-refractivity contribution in [2.45, 2.75) is 26.9 Å². The lowest BCUT2D eigenvalue weighted by Gasteiger charge is -2.14. The minimum absolute atomic E-state index is 0. The topological polar surface area (TPSA) is 21.6 Å². The number of nitrogens with zero attached hydrogens (tertiary/aromatic N) is 1. The minimum atomic E-state index is -1.13. The zero-order chi connectivity index (χ0) is 13.8. The minimum Gasteiger partial charge on any atom is -0.545 e. The number of para-hydroxylation sites is 1. The molecule has 1 aromatic carbocycles. The third-order valence-corrected chi connectivity index (χ3v) is 4.40. The molecular weight excluding hydrogens is 270 g/mol. The van der Waals surface area contributed by atoms with E-state index in [-0.39, 0.29) is 1.43 Å². The summed E-state index contributed by atoms with van der Waals surface area (Å²) < 4.78 is 6.03. The number of hydrogen-bond donors (Lipinski definition) is 0. The molecule has 0 fully saturated rings. The lowest BCUT2D eigenvalue weighted by molar-refractivity contribution is 0.577. The third-order valence-electron chi connectivity index (χ3n) is 2.71. The highest BCUT2D eigenvalue weighted by Gasteiger charge is 2.09. The van der Waals surface area contributed by atoms with Gasteiger partial charge in [-0.25, -0.2) is 4.99 Å². The maximum atomic E-state index is 6.03. The number of aryl methyl sites for hydroxylation is 1. The van der Waals surface area contributed by atoms with Crippen LogP contribution in [-0.2, 0) is 0 Å². The summed E-state index contributed by atoms with van der Waals surface area (Å²) in [6.45, 7) is 8.47. The molecule has 0 N–H and O–H groups in total. The van der Waals surface area contributed by atoms with Crippen molar-refractivity contribution in [3.63, 3.8) is 0 Å². The van der Waals surface area contributed by atoms with E-state index in [1.54, 1.807) is 11.3 Å². The maximum Gasteiger partial charge on any atom is 1.00 e. The summed E-state index contributed by atoms with van der Waals surface area (Å²) in [5.41, 5.74) is 3.13. The zero-order valence-corrected chi connectivity index (χ0v) is 13.8. The Hall–Kier alpha value is -1.39. The van der Waals surface area contributed by atoms with Crippen molar-refractivity contribution in [2.75, 3.05) is 0 Å². The van der Waals surface area contributed by atoms with Crippen LogP contribution in [0.5, 0.6) is 5.75 Å². The summed E-state index contributed by atoms with van der Waals surface area (Å²) in [6, 6.07) is 10.3. The summed E-state index contributed by atoms with van der Waals surface area (Å²) in [7, 11) is -1.13. The molecule has 2 rings (SSSR count). The molecule has 0 saturated heterocycles. The van der Waals surface area contributed by atoms with Gasteiger partial charge in [0.05, 0.1) is 5.71 Å². The van der Waals surface area contributed by atoms with Crippen LogP contribution in [0, 0.1) is 6.92 Å². The SMILES string of the molecule is CC(=Nc1cccc(C)c1O[SiH](C)C)c1cccs1.[H+]. The number of hydrogen-bond acceptors (Lipinski definition) is 3. The number of thiophene rings is 1.